The standard InChI is InChI=1S/C32H32O10/c1-7-10-20-22(14-27(38-13-12-33)31(36-6)30(20)37-9-3)25-15-23(34)28-26(41-25)16-24(21(11-8-2)29(28)35)39-17-19-18-40-32(4,5)42-19/h7-8,13-16,18,35H,1-2,9-11,17H2,3-6H3. The van der Waals surface area contributed by atoms with E-state index in [0.717, 1.165) is 6.26 Å². The Morgan fingerprint density at radius 3 is 2.40 bits per heavy atom. The lowest BCUT2D eigenvalue weighted by atomic mass is 9.98. The zero-order valence-corrected chi connectivity index (χ0v) is 23.9. The van der Waals surface area contributed by atoms with Crippen LogP contribution in [0.3, 0.4) is 0 Å². The summed E-state index contributed by atoms with van der Waals surface area (Å²) in [5, 5.41) is 11.2. The van der Waals surface area contributed by atoms with Crippen LogP contribution in [-0.2, 0) is 27.1 Å². The van der Waals surface area contributed by atoms with Crippen molar-refractivity contribution in [3.63, 3.8) is 0 Å². The molecule has 0 spiro atoms. The lowest BCUT2D eigenvalue weighted by Crippen LogP contribution is -2.21. The summed E-state index contributed by atoms with van der Waals surface area (Å²) in [6, 6.07) is 4.36. The summed E-state index contributed by atoms with van der Waals surface area (Å²) >= 11 is 0. The first-order chi connectivity index (χ1) is 20.2. The number of hydrogen-bond donors (Lipinski definition) is 1. The normalized spacial score (nSPS) is 13.3. The van der Waals surface area contributed by atoms with Gasteiger partial charge in [-0.15, -0.1) is 13.2 Å². The largest absolute Gasteiger partial charge is 0.507 e. The number of ether oxygens (including phenoxy) is 6. The fourth-order valence-electron chi connectivity index (χ4n) is 4.59. The third-order valence-electron chi connectivity index (χ3n) is 6.27. The van der Waals surface area contributed by atoms with E-state index in [1.54, 1.807) is 44.9 Å². The fraction of sp³-hybridized carbons (Fsp3) is 0.281. The predicted molar refractivity (Wildman–Crippen MR) is 156 cm³/mol. The van der Waals surface area contributed by atoms with Crippen molar-refractivity contribution in [1.82, 2.24) is 0 Å². The van der Waals surface area contributed by atoms with Crippen LogP contribution in [0.4, 0.5) is 0 Å². The smallest absolute Gasteiger partial charge is 0.244 e. The first kappa shape index (κ1) is 29.9. The first-order valence-corrected chi connectivity index (χ1v) is 13.1. The van der Waals surface area contributed by atoms with E-state index in [1.807, 2.05) is 0 Å². The van der Waals surface area contributed by atoms with Crippen LogP contribution in [-0.4, -0.2) is 37.2 Å². The molecular weight excluding hydrogens is 544 g/mol. The second-order valence-corrected chi connectivity index (χ2v) is 9.58. The molecule has 0 bridgehead atoms. The van der Waals surface area contributed by atoms with Crippen molar-refractivity contribution in [2.75, 3.05) is 20.3 Å². The minimum absolute atomic E-state index is 0.00701. The van der Waals surface area contributed by atoms with Crippen molar-refractivity contribution >= 4 is 16.9 Å². The summed E-state index contributed by atoms with van der Waals surface area (Å²) in [6.07, 6.45) is 6.09. The summed E-state index contributed by atoms with van der Waals surface area (Å²) in [5.41, 5.74) is 0.970. The van der Waals surface area contributed by atoms with Crippen molar-refractivity contribution < 1.29 is 42.7 Å². The molecule has 0 radical (unpaired) electrons. The molecule has 0 saturated carbocycles. The summed E-state index contributed by atoms with van der Waals surface area (Å²) in [6.45, 7) is 13.2. The maximum atomic E-state index is 13.5. The van der Waals surface area contributed by atoms with Crippen molar-refractivity contribution in [2.24, 2.45) is 0 Å². The molecule has 3 aromatic rings. The highest BCUT2D eigenvalue weighted by atomic mass is 16.7. The molecule has 1 aliphatic heterocycles. The van der Waals surface area contributed by atoms with Gasteiger partial charge in [0.1, 0.15) is 41.1 Å². The summed E-state index contributed by atoms with van der Waals surface area (Å²) in [7, 11) is 1.44. The third-order valence-corrected chi connectivity index (χ3v) is 6.27. The highest BCUT2D eigenvalue weighted by molar-refractivity contribution is 5.88. The van der Waals surface area contributed by atoms with Gasteiger partial charge >= 0.3 is 0 Å². The number of carbonyl (C=O) groups excluding carboxylic acids is 1. The van der Waals surface area contributed by atoms with Crippen LogP contribution >= 0.6 is 0 Å². The molecule has 0 atom stereocenters. The summed E-state index contributed by atoms with van der Waals surface area (Å²) in [4.78, 5) is 24.4. The SMILES string of the molecule is C=CCc1c(-c2cc(=O)c3c(O)c(CC=C)c(OCC4=COC(C)(C)O4)cc3o2)cc(OC=C=O)c(OC)c1OCC. The number of hydrogen-bond acceptors (Lipinski definition) is 10. The van der Waals surface area contributed by atoms with Gasteiger partial charge < -0.3 is 37.9 Å². The molecule has 220 valence electrons. The van der Waals surface area contributed by atoms with Crippen molar-refractivity contribution in [3.8, 4) is 40.1 Å². The number of aromatic hydroxyl groups is 1. The predicted octanol–water partition coefficient (Wildman–Crippen LogP) is 5.76. The molecule has 2 heterocycles. The first-order valence-electron chi connectivity index (χ1n) is 13.1. The minimum Gasteiger partial charge on any atom is -0.507 e. The molecular formula is C32H32O10. The molecule has 0 fully saturated rings. The van der Waals surface area contributed by atoms with Gasteiger partial charge in [-0.2, -0.15) is 0 Å². The van der Waals surface area contributed by atoms with Crippen LogP contribution < -0.4 is 24.4 Å². The van der Waals surface area contributed by atoms with Crippen LogP contribution in [0.1, 0.15) is 31.9 Å². The van der Waals surface area contributed by atoms with Gasteiger partial charge in [0.15, 0.2) is 34.9 Å². The van der Waals surface area contributed by atoms with Crippen LogP contribution in [0, 0.1) is 0 Å². The van der Waals surface area contributed by atoms with Gasteiger partial charge in [0.2, 0.25) is 11.5 Å². The maximum absolute atomic E-state index is 13.5. The van der Waals surface area contributed by atoms with Gasteiger partial charge in [-0.3, -0.25) is 4.79 Å². The van der Waals surface area contributed by atoms with E-state index in [9.17, 15) is 14.7 Å². The lowest BCUT2D eigenvalue weighted by molar-refractivity contribution is -0.119. The molecule has 0 saturated heterocycles. The van der Waals surface area contributed by atoms with Crippen LogP contribution in [0.5, 0.6) is 28.7 Å². The number of phenolic OH excluding ortho intramolecular Hbond substituents is 1. The Morgan fingerprint density at radius 1 is 1.05 bits per heavy atom. The minimum atomic E-state index is -0.818. The van der Waals surface area contributed by atoms with Gasteiger partial charge in [-0.05, 0) is 25.8 Å². The van der Waals surface area contributed by atoms with E-state index in [-0.39, 0.29) is 59.4 Å². The Bertz CT molecular complexity index is 1650. The number of methoxy groups -OCH3 is 1. The van der Waals surface area contributed by atoms with Gasteiger partial charge in [-0.1, -0.05) is 12.2 Å². The Labute approximate surface area is 242 Å². The molecule has 1 aliphatic rings. The number of allylic oxidation sites excluding steroid dienone is 2. The van der Waals surface area contributed by atoms with Gasteiger partial charge in [0, 0.05) is 42.7 Å². The maximum Gasteiger partial charge on any atom is 0.244 e. The molecule has 42 heavy (non-hydrogen) atoms. The molecule has 1 N–H and O–H groups in total. The molecule has 2 aromatic carbocycles. The molecule has 0 aliphatic carbocycles. The van der Waals surface area contributed by atoms with E-state index < -0.39 is 11.2 Å². The summed E-state index contributed by atoms with van der Waals surface area (Å²) in [5.74, 6) is 2.04. The second kappa shape index (κ2) is 12.6. The number of fused-ring (bicyclic) bond motifs is 1. The van der Waals surface area contributed by atoms with Crippen LogP contribution in [0.25, 0.3) is 22.3 Å². The molecule has 4 rings (SSSR count). The number of rotatable bonds is 13. The lowest BCUT2D eigenvalue weighted by Gasteiger charge is -2.20. The topological polar surface area (TPSA) is 123 Å². The zero-order valence-electron chi connectivity index (χ0n) is 23.9. The van der Waals surface area contributed by atoms with Gasteiger partial charge in [-0.25, -0.2) is 4.79 Å². The Balaban J connectivity index is 1.92. The fourth-order valence-corrected chi connectivity index (χ4v) is 4.59. The molecule has 10 nitrogen and oxygen atoms in total. The van der Waals surface area contributed by atoms with Gasteiger partial charge in [0.05, 0.1) is 13.7 Å². The molecule has 0 amide bonds. The number of benzene rings is 2. The monoisotopic (exact) mass is 576 g/mol. The Kier molecular flexibility index (Phi) is 8.98. The number of phenols is 1. The van der Waals surface area contributed by atoms with Crippen LogP contribution in [0.15, 0.2) is 71.0 Å². The van der Waals surface area contributed by atoms with Crippen molar-refractivity contribution in [2.45, 2.75) is 39.4 Å². The highest BCUT2D eigenvalue weighted by Gasteiger charge is 2.29. The third kappa shape index (κ3) is 5.99. The van der Waals surface area contributed by atoms with E-state index >= 15 is 0 Å². The second-order valence-electron chi connectivity index (χ2n) is 9.58. The van der Waals surface area contributed by atoms with E-state index in [4.69, 9.17) is 32.8 Å². The Morgan fingerprint density at radius 2 is 1.79 bits per heavy atom. The van der Waals surface area contributed by atoms with Crippen molar-refractivity contribution in [3.05, 3.63) is 83.1 Å². The molecule has 0 unspecified atom stereocenters. The van der Waals surface area contributed by atoms with E-state index in [2.05, 4.69) is 13.2 Å². The van der Waals surface area contributed by atoms with Crippen LogP contribution in [0.2, 0.25) is 0 Å². The van der Waals surface area contributed by atoms with E-state index in [0.29, 0.717) is 34.6 Å². The highest BCUT2D eigenvalue weighted by Crippen LogP contribution is 2.47. The summed E-state index contributed by atoms with van der Waals surface area (Å²) < 4.78 is 40.3. The molecule has 10 heteroatoms. The molecule has 1 aromatic heterocycles. The average Bonchev–Trinajstić information content (AvgIpc) is 3.31. The average molecular weight is 577 g/mol. The van der Waals surface area contributed by atoms with Gasteiger partial charge in [0.25, 0.3) is 0 Å². The Hall–Kier alpha value is -5.08. The quantitative estimate of drug-likeness (QED) is 0.153. The van der Waals surface area contributed by atoms with E-state index in [1.165, 1.54) is 25.5 Å². The van der Waals surface area contributed by atoms with Crippen molar-refractivity contribution in [1.29, 1.82) is 0 Å². The zero-order chi connectivity index (χ0) is 30.4.